The number of likely N-dealkylation sites (tertiary alicyclic amines) is 1. The number of nitrogens with zero attached hydrogens (tertiary/aromatic N) is 4. The molecule has 4 rings (SSSR count). The molecule has 7 nitrogen and oxygen atoms in total. The third-order valence-corrected chi connectivity index (χ3v) is 7.65. The van der Waals surface area contributed by atoms with Crippen LogP contribution >= 0.6 is 0 Å². The van der Waals surface area contributed by atoms with Crippen LogP contribution in [0.15, 0.2) is 24.4 Å². The fraction of sp³-hybridized carbons (Fsp3) is 0.615. The molecule has 0 unspecified atom stereocenters. The summed E-state index contributed by atoms with van der Waals surface area (Å²) in [5.74, 6) is -0.661. The quantitative estimate of drug-likeness (QED) is 0.425. The molecule has 1 aromatic carbocycles. The van der Waals surface area contributed by atoms with Gasteiger partial charge in [0.2, 0.25) is 5.95 Å². The fourth-order valence-electron chi connectivity index (χ4n) is 5.48. The number of anilines is 4. The lowest BCUT2D eigenvalue weighted by atomic mass is 9.77. The number of aromatic nitrogens is 2. The zero-order chi connectivity index (χ0) is 28.8. The molecule has 0 bridgehead atoms. The van der Waals surface area contributed by atoms with Gasteiger partial charge in [0.15, 0.2) is 0 Å². The van der Waals surface area contributed by atoms with Crippen molar-refractivity contribution in [2.45, 2.75) is 70.0 Å². The van der Waals surface area contributed by atoms with Crippen LogP contribution in [0.1, 0.15) is 51.7 Å². The van der Waals surface area contributed by atoms with Crippen LogP contribution in [0.2, 0.25) is 0 Å². The first kappa shape index (κ1) is 29.2. The second-order valence-electron chi connectivity index (χ2n) is 11.3. The van der Waals surface area contributed by atoms with Crippen molar-refractivity contribution in [3.63, 3.8) is 0 Å². The van der Waals surface area contributed by atoms with Gasteiger partial charge in [-0.05, 0) is 65.8 Å². The Morgan fingerprint density at radius 3 is 2.08 bits per heavy atom. The second kappa shape index (κ2) is 10.3. The molecule has 1 aromatic heterocycles. The van der Waals surface area contributed by atoms with E-state index < -0.39 is 29.3 Å². The number of nitrogens with one attached hydrogen (secondary N) is 2. The van der Waals surface area contributed by atoms with Gasteiger partial charge in [-0.15, -0.1) is 0 Å². The smallest absolute Gasteiger partial charge is 0.378 e. The van der Waals surface area contributed by atoms with E-state index in [-0.39, 0.29) is 34.4 Å². The van der Waals surface area contributed by atoms with Gasteiger partial charge in [0, 0.05) is 47.8 Å². The third-order valence-electron chi connectivity index (χ3n) is 7.65. The van der Waals surface area contributed by atoms with Crippen molar-refractivity contribution in [1.29, 1.82) is 0 Å². The van der Waals surface area contributed by atoms with Crippen molar-refractivity contribution in [1.82, 2.24) is 14.9 Å². The van der Waals surface area contributed by atoms with E-state index in [0.29, 0.717) is 45.3 Å². The van der Waals surface area contributed by atoms with Crippen LogP contribution in [-0.4, -0.2) is 65.3 Å². The van der Waals surface area contributed by atoms with Crippen molar-refractivity contribution in [2.24, 2.45) is 0 Å². The lowest BCUT2D eigenvalue weighted by molar-refractivity contribution is -0.138. The maximum atomic E-state index is 13.9. The summed E-state index contributed by atoms with van der Waals surface area (Å²) >= 11 is 0. The zero-order valence-corrected chi connectivity index (χ0v) is 22.6. The van der Waals surface area contributed by atoms with E-state index >= 15 is 0 Å². The number of benzene rings is 1. The molecule has 13 heteroatoms. The number of rotatable bonds is 5. The Bertz CT molecular complexity index is 1160. The van der Waals surface area contributed by atoms with Gasteiger partial charge in [0.05, 0.1) is 18.8 Å². The van der Waals surface area contributed by atoms with Gasteiger partial charge in [-0.2, -0.15) is 31.3 Å². The molecule has 3 heterocycles. The van der Waals surface area contributed by atoms with Crippen molar-refractivity contribution >= 4 is 23.1 Å². The number of piperidine rings is 1. The van der Waals surface area contributed by atoms with E-state index in [1.165, 1.54) is 12.1 Å². The predicted octanol–water partition coefficient (Wildman–Crippen LogP) is 6.16. The van der Waals surface area contributed by atoms with Crippen LogP contribution in [0.25, 0.3) is 0 Å². The summed E-state index contributed by atoms with van der Waals surface area (Å²) < 4.78 is 88.6. The summed E-state index contributed by atoms with van der Waals surface area (Å²) in [6, 6.07) is 3.36. The van der Waals surface area contributed by atoms with Gasteiger partial charge in [0.25, 0.3) is 0 Å². The Kier molecular flexibility index (Phi) is 7.71. The van der Waals surface area contributed by atoms with E-state index in [2.05, 4.69) is 25.5 Å². The molecular formula is C26H34F6N6O. The predicted molar refractivity (Wildman–Crippen MR) is 137 cm³/mol. The highest BCUT2D eigenvalue weighted by Crippen LogP contribution is 2.41. The van der Waals surface area contributed by atoms with E-state index in [0.717, 1.165) is 6.07 Å². The number of ether oxygens (including phenoxy) is 1. The molecule has 2 N–H and O–H groups in total. The molecule has 0 radical (unpaired) electrons. The first-order chi connectivity index (χ1) is 18.0. The van der Waals surface area contributed by atoms with E-state index in [9.17, 15) is 26.3 Å². The van der Waals surface area contributed by atoms with Crippen LogP contribution in [-0.2, 0) is 17.1 Å². The van der Waals surface area contributed by atoms with Gasteiger partial charge < -0.3 is 20.3 Å². The first-order valence-corrected chi connectivity index (χ1v) is 12.7. The minimum atomic E-state index is -4.72. The average molecular weight is 561 g/mol. The standard InChI is InChI=1S/C26H34F6N6O/c1-23(2)13-17(14-24(3,4)37(23)5)34-21-19(26(30,31)32)15-33-22(36-21)35-16-6-7-20(18(12-16)25(27,28)29)38-8-10-39-11-9-38/h6-7,12,15,17H,8-11,13-14H2,1-5H3,(H2,33,34,35,36). The van der Waals surface area contributed by atoms with Gasteiger partial charge >= 0.3 is 12.4 Å². The third kappa shape index (κ3) is 6.51. The molecule has 0 amide bonds. The average Bonchev–Trinajstić information content (AvgIpc) is 2.81. The normalized spacial score (nSPS) is 20.6. The Morgan fingerprint density at radius 2 is 1.51 bits per heavy atom. The van der Waals surface area contributed by atoms with Crippen molar-refractivity contribution in [3.8, 4) is 0 Å². The summed E-state index contributed by atoms with van der Waals surface area (Å²) in [6.45, 7) is 9.38. The van der Waals surface area contributed by atoms with E-state index in [4.69, 9.17) is 4.74 Å². The largest absolute Gasteiger partial charge is 0.421 e. The fourth-order valence-corrected chi connectivity index (χ4v) is 5.48. The molecule has 2 aliphatic rings. The number of morpholine rings is 1. The van der Waals surface area contributed by atoms with Crippen molar-refractivity contribution in [2.75, 3.05) is 48.9 Å². The van der Waals surface area contributed by atoms with Gasteiger partial charge in [-0.25, -0.2) is 4.98 Å². The summed E-state index contributed by atoms with van der Waals surface area (Å²) in [4.78, 5) is 11.6. The Hall–Kier alpha value is -2.80. The molecule has 2 saturated heterocycles. The molecule has 0 aliphatic carbocycles. The monoisotopic (exact) mass is 560 g/mol. The number of halogens is 6. The Balaban J connectivity index is 1.64. The van der Waals surface area contributed by atoms with E-state index in [1.807, 2.05) is 34.7 Å². The van der Waals surface area contributed by atoms with Crippen LogP contribution in [0, 0.1) is 0 Å². The topological polar surface area (TPSA) is 65.5 Å². The summed E-state index contributed by atoms with van der Waals surface area (Å²) in [7, 11) is 1.99. The van der Waals surface area contributed by atoms with Gasteiger partial charge in [-0.3, -0.25) is 4.90 Å². The lowest BCUT2D eigenvalue weighted by Gasteiger charge is -2.53. The maximum absolute atomic E-state index is 13.9. The van der Waals surface area contributed by atoms with Crippen molar-refractivity contribution in [3.05, 3.63) is 35.5 Å². The molecule has 216 valence electrons. The molecule has 2 fully saturated rings. The zero-order valence-electron chi connectivity index (χ0n) is 22.6. The van der Waals surface area contributed by atoms with Crippen LogP contribution in [0.5, 0.6) is 0 Å². The lowest BCUT2D eigenvalue weighted by Crippen LogP contribution is -2.61. The van der Waals surface area contributed by atoms with Crippen molar-refractivity contribution < 1.29 is 31.1 Å². The number of hydrogen-bond acceptors (Lipinski definition) is 7. The van der Waals surface area contributed by atoms with Crippen LogP contribution < -0.4 is 15.5 Å². The number of hydrogen-bond donors (Lipinski definition) is 2. The Morgan fingerprint density at radius 1 is 0.923 bits per heavy atom. The highest BCUT2D eigenvalue weighted by Gasteiger charge is 2.44. The van der Waals surface area contributed by atoms with Crippen LogP contribution in [0.4, 0.5) is 49.5 Å². The minimum Gasteiger partial charge on any atom is -0.378 e. The highest BCUT2D eigenvalue weighted by atomic mass is 19.4. The Labute approximate surface area is 223 Å². The second-order valence-corrected chi connectivity index (χ2v) is 11.3. The molecule has 39 heavy (non-hydrogen) atoms. The summed E-state index contributed by atoms with van der Waals surface area (Å²) in [5.41, 5.74) is -2.47. The summed E-state index contributed by atoms with van der Waals surface area (Å²) in [6.07, 6.45) is -7.59. The molecule has 0 spiro atoms. The SMILES string of the molecule is CN1C(C)(C)CC(Nc2nc(Nc3ccc(N4CCOCC4)c(C(F)(F)F)c3)ncc2C(F)(F)F)CC1(C)C. The number of alkyl halides is 6. The molecule has 0 atom stereocenters. The van der Waals surface area contributed by atoms with Gasteiger partial charge in [-0.1, -0.05) is 0 Å². The molecule has 2 aromatic rings. The van der Waals surface area contributed by atoms with Crippen LogP contribution in [0.3, 0.4) is 0 Å². The maximum Gasteiger partial charge on any atom is 0.421 e. The van der Waals surface area contributed by atoms with E-state index in [1.54, 1.807) is 4.90 Å². The molecule has 2 aliphatic heterocycles. The molecule has 0 saturated carbocycles. The highest BCUT2D eigenvalue weighted by molar-refractivity contribution is 5.65. The minimum absolute atomic E-state index is 0.00611. The summed E-state index contributed by atoms with van der Waals surface area (Å²) in [5, 5.41) is 5.63. The van der Waals surface area contributed by atoms with Gasteiger partial charge in [0.1, 0.15) is 11.4 Å². The molecular weight excluding hydrogens is 526 g/mol. The first-order valence-electron chi connectivity index (χ1n) is 12.7.